The van der Waals surface area contributed by atoms with Crippen molar-refractivity contribution in [1.29, 1.82) is 0 Å². The third-order valence-electron chi connectivity index (χ3n) is 3.24. The maximum Gasteiger partial charge on any atom is 0.239 e. The zero-order chi connectivity index (χ0) is 12.6. The highest BCUT2D eigenvalue weighted by atomic mass is 35.5. The van der Waals surface area contributed by atoms with E-state index in [0.717, 1.165) is 38.8 Å². The van der Waals surface area contributed by atoms with Gasteiger partial charge in [-0.2, -0.15) is 0 Å². The summed E-state index contributed by atoms with van der Waals surface area (Å²) < 4.78 is 0. The summed E-state index contributed by atoms with van der Waals surface area (Å²) in [5.74, 6) is 0.731. The second kappa shape index (κ2) is 10.8. The summed E-state index contributed by atoms with van der Waals surface area (Å²) in [6, 6.07) is -0.306. The largest absolute Gasteiger partial charge is 0.341 e. The number of rotatable bonds is 8. The van der Waals surface area contributed by atoms with Gasteiger partial charge in [0.1, 0.15) is 0 Å². The van der Waals surface area contributed by atoms with Gasteiger partial charge in [0.15, 0.2) is 0 Å². The van der Waals surface area contributed by atoms with Crippen molar-refractivity contribution >= 4 is 18.3 Å². The summed E-state index contributed by atoms with van der Waals surface area (Å²) in [7, 11) is 0. The number of hydrogen-bond donors (Lipinski definition) is 1. The monoisotopic (exact) mass is 264 g/mol. The van der Waals surface area contributed by atoms with Crippen molar-refractivity contribution in [2.24, 2.45) is 11.7 Å². The lowest BCUT2D eigenvalue weighted by molar-refractivity contribution is -0.133. The number of nitrogens with two attached hydrogens (primary N) is 1. The molecule has 0 aromatic heterocycles. The third kappa shape index (κ3) is 6.89. The Morgan fingerprint density at radius 3 is 2.06 bits per heavy atom. The molecule has 0 spiro atoms. The summed E-state index contributed by atoms with van der Waals surface area (Å²) in [6.07, 6.45) is 4.01. The summed E-state index contributed by atoms with van der Waals surface area (Å²) in [5, 5.41) is 0. The van der Waals surface area contributed by atoms with Gasteiger partial charge in [0.25, 0.3) is 0 Å². The zero-order valence-electron chi connectivity index (χ0n) is 11.7. The lowest BCUT2D eigenvalue weighted by atomic mass is 10.0. The first-order chi connectivity index (χ1) is 7.60. The molecule has 0 fully saturated rings. The molecular weight excluding hydrogens is 236 g/mol. The van der Waals surface area contributed by atoms with E-state index in [4.69, 9.17) is 5.73 Å². The first kappa shape index (κ1) is 19.1. The SMILES string of the molecule is CCCC(N)C(=O)N(CC)CC(CC)CC.Cl. The number of halogens is 1. The van der Waals surface area contributed by atoms with Crippen LogP contribution >= 0.6 is 12.4 Å². The average Bonchev–Trinajstić information content (AvgIpc) is 2.30. The third-order valence-corrected chi connectivity index (χ3v) is 3.24. The van der Waals surface area contributed by atoms with E-state index in [9.17, 15) is 4.79 Å². The molecule has 104 valence electrons. The zero-order valence-corrected chi connectivity index (χ0v) is 12.6. The molecule has 0 saturated carbocycles. The molecule has 0 radical (unpaired) electrons. The normalized spacial score (nSPS) is 12.1. The van der Waals surface area contributed by atoms with E-state index in [-0.39, 0.29) is 24.4 Å². The quantitative estimate of drug-likeness (QED) is 0.733. The van der Waals surface area contributed by atoms with Crippen LogP contribution in [0.25, 0.3) is 0 Å². The molecule has 1 unspecified atom stereocenters. The topological polar surface area (TPSA) is 46.3 Å². The van der Waals surface area contributed by atoms with Gasteiger partial charge >= 0.3 is 0 Å². The predicted molar refractivity (Wildman–Crippen MR) is 76.5 cm³/mol. The van der Waals surface area contributed by atoms with Crippen LogP contribution in [0.2, 0.25) is 0 Å². The minimum Gasteiger partial charge on any atom is -0.341 e. The lowest BCUT2D eigenvalue weighted by Gasteiger charge is -2.27. The van der Waals surface area contributed by atoms with Crippen molar-refractivity contribution in [2.75, 3.05) is 13.1 Å². The van der Waals surface area contributed by atoms with Gasteiger partial charge in [-0.05, 0) is 19.3 Å². The minimum absolute atomic E-state index is 0. The lowest BCUT2D eigenvalue weighted by Crippen LogP contribution is -2.45. The molecule has 0 rings (SSSR count). The summed E-state index contributed by atoms with van der Waals surface area (Å²) in [4.78, 5) is 13.9. The van der Waals surface area contributed by atoms with Crippen molar-refractivity contribution in [3.8, 4) is 0 Å². The van der Waals surface area contributed by atoms with Gasteiger partial charge in [0.05, 0.1) is 6.04 Å². The van der Waals surface area contributed by atoms with Gasteiger partial charge in [-0.15, -0.1) is 12.4 Å². The van der Waals surface area contributed by atoms with Gasteiger partial charge in [-0.1, -0.05) is 40.0 Å². The number of amides is 1. The van der Waals surface area contributed by atoms with Crippen LogP contribution in [0.4, 0.5) is 0 Å². The van der Waals surface area contributed by atoms with Crippen LogP contribution in [0, 0.1) is 5.92 Å². The summed E-state index contributed by atoms with van der Waals surface area (Å²) in [5.41, 5.74) is 5.87. The minimum atomic E-state index is -0.306. The van der Waals surface area contributed by atoms with E-state index < -0.39 is 0 Å². The van der Waals surface area contributed by atoms with E-state index in [1.165, 1.54) is 0 Å². The van der Waals surface area contributed by atoms with Crippen LogP contribution in [0.3, 0.4) is 0 Å². The molecule has 0 aliphatic heterocycles. The van der Waals surface area contributed by atoms with E-state index >= 15 is 0 Å². The molecule has 17 heavy (non-hydrogen) atoms. The van der Waals surface area contributed by atoms with Crippen molar-refractivity contribution < 1.29 is 4.79 Å². The van der Waals surface area contributed by atoms with E-state index in [1.54, 1.807) is 0 Å². The number of nitrogens with zero attached hydrogens (tertiary/aromatic N) is 1. The van der Waals surface area contributed by atoms with E-state index in [1.807, 2.05) is 11.8 Å². The summed E-state index contributed by atoms with van der Waals surface area (Å²) >= 11 is 0. The Morgan fingerprint density at radius 1 is 1.18 bits per heavy atom. The van der Waals surface area contributed by atoms with Crippen LogP contribution < -0.4 is 5.73 Å². The molecule has 0 aliphatic rings. The highest BCUT2D eigenvalue weighted by molar-refractivity contribution is 5.85. The highest BCUT2D eigenvalue weighted by Crippen LogP contribution is 2.11. The smallest absolute Gasteiger partial charge is 0.239 e. The Kier molecular flexibility index (Phi) is 12.2. The first-order valence-corrected chi connectivity index (χ1v) is 6.64. The molecule has 0 aromatic carbocycles. The Balaban J connectivity index is 0. The van der Waals surface area contributed by atoms with Crippen molar-refractivity contribution in [3.63, 3.8) is 0 Å². The Labute approximate surface area is 113 Å². The molecule has 1 amide bonds. The maximum absolute atomic E-state index is 12.0. The Morgan fingerprint density at radius 2 is 1.71 bits per heavy atom. The number of likely N-dealkylation sites (N-methyl/N-ethyl adjacent to an activating group) is 1. The molecule has 0 bridgehead atoms. The predicted octanol–water partition coefficient (Wildman–Crippen LogP) is 2.82. The first-order valence-electron chi connectivity index (χ1n) is 6.64. The fraction of sp³-hybridized carbons (Fsp3) is 0.923. The molecule has 0 saturated heterocycles. The standard InChI is InChI=1S/C13H28N2O.ClH/c1-5-9-12(14)13(16)15(8-4)10-11(6-2)7-3;/h11-12H,5-10,14H2,1-4H3;1H. The molecular formula is C13H29ClN2O. The second-order valence-electron chi connectivity index (χ2n) is 4.45. The molecule has 4 heteroatoms. The molecule has 0 heterocycles. The van der Waals surface area contributed by atoms with Crippen LogP contribution in [-0.4, -0.2) is 29.9 Å². The van der Waals surface area contributed by atoms with Crippen LogP contribution in [0.5, 0.6) is 0 Å². The van der Waals surface area contributed by atoms with Crippen molar-refractivity contribution in [2.45, 2.75) is 59.4 Å². The van der Waals surface area contributed by atoms with Gasteiger partial charge in [0, 0.05) is 13.1 Å². The maximum atomic E-state index is 12.0. The second-order valence-corrected chi connectivity index (χ2v) is 4.45. The average molecular weight is 265 g/mol. The highest BCUT2D eigenvalue weighted by Gasteiger charge is 2.20. The number of carbonyl (C=O) groups excluding carboxylic acids is 1. The number of hydrogen-bond acceptors (Lipinski definition) is 2. The molecule has 0 aliphatic carbocycles. The van der Waals surface area contributed by atoms with Crippen LogP contribution in [0.15, 0.2) is 0 Å². The molecule has 0 aromatic rings. The van der Waals surface area contributed by atoms with Gasteiger partial charge in [-0.25, -0.2) is 0 Å². The fourth-order valence-electron chi connectivity index (χ4n) is 1.90. The fourth-order valence-corrected chi connectivity index (χ4v) is 1.90. The molecule has 3 nitrogen and oxygen atoms in total. The molecule has 2 N–H and O–H groups in total. The summed E-state index contributed by atoms with van der Waals surface area (Å²) in [6.45, 7) is 10.1. The van der Waals surface area contributed by atoms with Crippen molar-refractivity contribution in [3.05, 3.63) is 0 Å². The molecule has 1 atom stereocenters. The van der Waals surface area contributed by atoms with Gasteiger partial charge < -0.3 is 10.6 Å². The number of carbonyl (C=O) groups is 1. The van der Waals surface area contributed by atoms with Gasteiger partial charge in [0.2, 0.25) is 5.91 Å². The van der Waals surface area contributed by atoms with E-state index in [2.05, 4.69) is 20.8 Å². The van der Waals surface area contributed by atoms with Crippen molar-refractivity contribution in [1.82, 2.24) is 4.90 Å². The van der Waals surface area contributed by atoms with Crippen LogP contribution in [0.1, 0.15) is 53.4 Å². The van der Waals surface area contributed by atoms with Gasteiger partial charge in [-0.3, -0.25) is 4.79 Å². The van der Waals surface area contributed by atoms with Crippen LogP contribution in [-0.2, 0) is 4.79 Å². The Bertz CT molecular complexity index is 196. The Hall–Kier alpha value is -0.280. The van der Waals surface area contributed by atoms with E-state index in [0.29, 0.717) is 5.92 Å².